The summed E-state index contributed by atoms with van der Waals surface area (Å²) in [6.07, 6.45) is 3.00. The minimum absolute atomic E-state index is 0.000469. The van der Waals surface area contributed by atoms with Crippen LogP contribution in [0.4, 0.5) is 5.69 Å². The van der Waals surface area contributed by atoms with Crippen LogP contribution in [0.2, 0.25) is 0 Å². The van der Waals surface area contributed by atoms with Crippen molar-refractivity contribution in [3.05, 3.63) is 29.8 Å². The van der Waals surface area contributed by atoms with E-state index in [4.69, 9.17) is 0 Å². The van der Waals surface area contributed by atoms with Gasteiger partial charge in [-0.3, -0.25) is 9.59 Å². The number of carbonyl (C=O) groups excluding carboxylic acids is 2. The summed E-state index contributed by atoms with van der Waals surface area (Å²) in [6.45, 7) is 6.36. The third-order valence-corrected chi connectivity index (χ3v) is 3.91. The van der Waals surface area contributed by atoms with Crippen molar-refractivity contribution in [2.45, 2.75) is 45.4 Å². The average Bonchev–Trinajstić information content (AvgIpc) is 2.33. The summed E-state index contributed by atoms with van der Waals surface area (Å²) in [5.41, 5.74) is 1.86. The molecule has 0 radical (unpaired) electrons. The maximum Gasteiger partial charge on any atom is 0.243 e. The summed E-state index contributed by atoms with van der Waals surface area (Å²) in [5, 5.41) is 5.61. The van der Waals surface area contributed by atoms with E-state index in [0.717, 1.165) is 30.5 Å². The third-order valence-electron chi connectivity index (χ3n) is 3.91. The lowest BCUT2D eigenvalue weighted by Crippen LogP contribution is -2.39. The molecule has 114 valence electrons. The van der Waals surface area contributed by atoms with Crippen LogP contribution in [0.5, 0.6) is 0 Å². The van der Waals surface area contributed by atoms with Crippen LogP contribution in [-0.4, -0.2) is 18.4 Å². The predicted octanol–water partition coefficient (Wildman–Crippen LogP) is 2.84. The Morgan fingerprint density at radius 1 is 1.19 bits per heavy atom. The van der Waals surface area contributed by atoms with Crippen molar-refractivity contribution in [2.24, 2.45) is 5.92 Å². The topological polar surface area (TPSA) is 58.2 Å². The van der Waals surface area contributed by atoms with Crippen molar-refractivity contribution >= 4 is 17.5 Å². The minimum atomic E-state index is -0.181. The number of nitrogens with one attached hydrogen (secondary N) is 2. The second-order valence-electron chi connectivity index (χ2n) is 6.69. The highest BCUT2D eigenvalue weighted by Crippen LogP contribution is 2.29. The Labute approximate surface area is 126 Å². The van der Waals surface area contributed by atoms with Crippen LogP contribution in [0.15, 0.2) is 24.3 Å². The molecular weight excluding hydrogens is 264 g/mol. The minimum Gasteiger partial charge on any atom is -0.347 e. The molecule has 2 rings (SSSR count). The first-order valence-corrected chi connectivity index (χ1v) is 7.55. The normalized spacial score (nSPS) is 15.2. The number of hydrogen-bond acceptors (Lipinski definition) is 2. The van der Waals surface area contributed by atoms with Gasteiger partial charge in [-0.2, -0.15) is 0 Å². The van der Waals surface area contributed by atoms with Gasteiger partial charge in [0.25, 0.3) is 0 Å². The fourth-order valence-electron chi connectivity index (χ4n) is 2.42. The molecule has 2 N–H and O–H groups in total. The molecule has 0 heterocycles. The fourth-order valence-corrected chi connectivity index (χ4v) is 2.42. The number of carbonyl (C=O) groups is 2. The molecule has 0 saturated heterocycles. The van der Waals surface area contributed by atoms with Crippen LogP contribution >= 0.6 is 0 Å². The van der Waals surface area contributed by atoms with Gasteiger partial charge < -0.3 is 10.6 Å². The molecular formula is C17H24N2O2. The zero-order valence-electron chi connectivity index (χ0n) is 13.0. The largest absolute Gasteiger partial charge is 0.347 e. The van der Waals surface area contributed by atoms with E-state index in [1.807, 2.05) is 24.3 Å². The molecule has 1 fully saturated rings. The second-order valence-corrected chi connectivity index (χ2v) is 6.69. The number of anilines is 1. The van der Waals surface area contributed by atoms with Gasteiger partial charge in [0, 0.05) is 11.6 Å². The first kappa shape index (κ1) is 15.5. The average molecular weight is 288 g/mol. The summed E-state index contributed by atoms with van der Waals surface area (Å²) < 4.78 is 0. The van der Waals surface area contributed by atoms with E-state index in [1.165, 1.54) is 0 Å². The van der Waals surface area contributed by atoms with Crippen molar-refractivity contribution in [1.29, 1.82) is 0 Å². The molecule has 1 saturated carbocycles. The van der Waals surface area contributed by atoms with E-state index < -0.39 is 0 Å². The van der Waals surface area contributed by atoms with E-state index in [2.05, 4.69) is 31.4 Å². The van der Waals surface area contributed by atoms with Crippen LogP contribution in [0, 0.1) is 5.92 Å². The summed E-state index contributed by atoms with van der Waals surface area (Å²) in [7, 11) is 0. The van der Waals surface area contributed by atoms with Gasteiger partial charge >= 0.3 is 0 Å². The lowest BCUT2D eigenvalue weighted by Gasteiger charge is -2.24. The van der Waals surface area contributed by atoms with Crippen LogP contribution in [-0.2, 0) is 15.0 Å². The maximum absolute atomic E-state index is 12.0. The van der Waals surface area contributed by atoms with Crippen molar-refractivity contribution in [2.75, 3.05) is 11.9 Å². The van der Waals surface area contributed by atoms with Crippen molar-refractivity contribution in [3.8, 4) is 0 Å². The van der Waals surface area contributed by atoms with Crippen molar-refractivity contribution < 1.29 is 9.59 Å². The van der Waals surface area contributed by atoms with Crippen LogP contribution in [0.3, 0.4) is 0 Å². The highest BCUT2D eigenvalue weighted by Gasteiger charge is 2.25. The van der Waals surface area contributed by atoms with Gasteiger partial charge in [-0.05, 0) is 29.9 Å². The van der Waals surface area contributed by atoms with E-state index in [0.29, 0.717) is 0 Å². The van der Waals surface area contributed by atoms with Crippen molar-refractivity contribution in [3.63, 3.8) is 0 Å². The first-order chi connectivity index (χ1) is 9.88. The van der Waals surface area contributed by atoms with E-state index >= 15 is 0 Å². The SMILES string of the molecule is CC(C)(C)c1ccccc1NC(=O)CNC(=O)C1CCC1. The standard InChI is InChI=1S/C17H24N2O2/c1-17(2,3)13-9-4-5-10-14(13)19-15(20)11-18-16(21)12-7-6-8-12/h4-5,9-10,12H,6-8,11H2,1-3H3,(H,18,21)(H,19,20). The molecule has 4 nitrogen and oxygen atoms in total. The Hall–Kier alpha value is -1.84. The van der Waals surface area contributed by atoms with E-state index in [9.17, 15) is 9.59 Å². The molecule has 0 spiro atoms. The number of para-hydroxylation sites is 1. The van der Waals surface area contributed by atoms with E-state index in [1.54, 1.807) is 0 Å². The summed E-state index contributed by atoms with van der Waals surface area (Å²) in [5.74, 6) is -0.0699. The van der Waals surface area contributed by atoms with Crippen LogP contribution in [0.1, 0.15) is 45.6 Å². The molecule has 0 aliphatic heterocycles. The third kappa shape index (κ3) is 4.06. The number of benzene rings is 1. The molecule has 21 heavy (non-hydrogen) atoms. The number of amides is 2. The van der Waals surface area contributed by atoms with Gasteiger partial charge in [0.2, 0.25) is 11.8 Å². The summed E-state index contributed by atoms with van der Waals surface area (Å²) in [4.78, 5) is 23.7. The van der Waals surface area contributed by atoms with Gasteiger partial charge in [0.1, 0.15) is 0 Å². The number of rotatable bonds is 4. The summed E-state index contributed by atoms with van der Waals surface area (Å²) in [6, 6.07) is 7.78. The highest BCUT2D eigenvalue weighted by atomic mass is 16.2. The molecule has 1 aromatic rings. The molecule has 2 amide bonds. The Morgan fingerprint density at radius 3 is 2.43 bits per heavy atom. The molecule has 1 aliphatic carbocycles. The molecule has 1 aromatic carbocycles. The van der Waals surface area contributed by atoms with Gasteiger partial charge in [0.05, 0.1) is 6.54 Å². The molecule has 4 heteroatoms. The monoisotopic (exact) mass is 288 g/mol. The Balaban J connectivity index is 1.92. The predicted molar refractivity (Wildman–Crippen MR) is 84.1 cm³/mol. The summed E-state index contributed by atoms with van der Waals surface area (Å²) >= 11 is 0. The zero-order valence-corrected chi connectivity index (χ0v) is 13.0. The van der Waals surface area contributed by atoms with Gasteiger partial charge in [-0.25, -0.2) is 0 Å². The van der Waals surface area contributed by atoms with Crippen LogP contribution < -0.4 is 10.6 Å². The molecule has 0 bridgehead atoms. The second kappa shape index (κ2) is 6.29. The molecule has 0 atom stereocenters. The quantitative estimate of drug-likeness (QED) is 0.895. The van der Waals surface area contributed by atoms with Gasteiger partial charge in [0.15, 0.2) is 0 Å². The lowest BCUT2D eigenvalue weighted by molar-refractivity contribution is -0.129. The Morgan fingerprint density at radius 2 is 1.86 bits per heavy atom. The fraction of sp³-hybridized carbons (Fsp3) is 0.529. The van der Waals surface area contributed by atoms with Crippen molar-refractivity contribution in [1.82, 2.24) is 5.32 Å². The smallest absolute Gasteiger partial charge is 0.243 e. The molecule has 0 unspecified atom stereocenters. The van der Waals surface area contributed by atoms with Gasteiger partial charge in [-0.15, -0.1) is 0 Å². The molecule has 1 aliphatic rings. The molecule has 0 aromatic heterocycles. The van der Waals surface area contributed by atoms with Crippen LogP contribution in [0.25, 0.3) is 0 Å². The number of hydrogen-bond donors (Lipinski definition) is 2. The van der Waals surface area contributed by atoms with Gasteiger partial charge in [-0.1, -0.05) is 45.4 Å². The first-order valence-electron chi connectivity index (χ1n) is 7.55. The Bertz CT molecular complexity index is 528. The lowest BCUT2D eigenvalue weighted by atomic mass is 9.85. The zero-order chi connectivity index (χ0) is 15.5. The highest BCUT2D eigenvalue weighted by molar-refractivity contribution is 5.95. The maximum atomic E-state index is 12.0. The Kier molecular flexibility index (Phi) is 4.66. The van der Waals surface area contributed by atoms with E-state index in [-0.39, 0.29) is 29.7 Å².